The Hall–Kier alpha value is -1.68. The van der Waals surface area contributed by atoms with Gasteiger partial charge in [0.2, 0.25) is 11.8 Å². The fourth-order valence-electron chi connectivity index (χ4n) is 4.03. The predicted octanol–water partition coefficient (Wildman–Crippen LogP) is 1.91. The minimum absolute atomic E-state index is 0.0636. The molecule has 2 unspecified atom stereocenters. The Bertz CT molecular complexity index is 611. The van der Waals surface area contributed by atoms with Gasteiger partial charge in [0, 0.05) is 0 Å². The molecule has 1 aromatic carbocycles. The van der Waals surface area contributed by atoms with Gasteiger partial charge in [0.05, 0.1) is 29.7 Å². The maximum Gasteiger partial charge on any atom is 0.240 e. The molecule has 4 rings (SSSR count). The summed E-state index contributed by atoms with van der Waals surface area (Å²) in [5.41, 5.74) is 1.74. The molecule has 4 nitrogen and oxygen atoms in total. The van der Waals surface area contributed by atoms with Gasteiger partial charge in [-0.05, 0) is 37.0 Å². The summed E-state index contributed by atoms with van der Waals surface area (Å²) in [4.78, 5) is 26.7. The maximum absolute atomic E-state index is 12.7. The third-order valence-electron chi connectivity index (χ3n) is 4.91. The van der Waals surface area contributed by atoms with Gasteiger partial charge in [0.15, 0.2) is 0 Å². The number of amides is 2. The molecule has 3 heterocycles. The molecule has 2 amide bonds. The number of anilines is 1. The monoisotopic (exact) mass is 271 g/mol. The summed E-state index contributed by atoms with van der Waals surface area (Å²) in [6.07, 6.45) is 0.759. The van der Waals surface area contributed by atoms with Crippen molar-refractivity contribution in [3.8, 4) is 0 Å². The molecule has 0 N–H and O–H groups in total. The van der Waals surface area contributed by atoms with Gasteiger partial charge in [-0.2, -0.15) is 0 Å². The topological polar surface area (TPSA) is 46.6 Å². The van der Waals surface area contributed by atoms with E-state index in [2.05, 4.69) is 6.92 Å². The maximum atomic E-state index is 12.7. The van der Waals surface area contributed by atoms with Gasteiger partial charge in [-0.1, -0.05) is 19.1 Å². The van der Waals surface area contributed by atoms with Crippen LogP contribution in [0.25, 0.3) is 0 Å². The van der Waals surface area contributed by atoms with Crippen LogP contribution in [0.3, 0.4) is 0 Å². The molecule has 1 aromatic rings. The van der Waals surface area contributed by atoms with E-state index >= 15 is 0 Å². The number of imide groups is 1. The van der Waals surface area contributed by atoms with Gasteiger partial charge >= 0.3 is 0 Å². The second-order valence-electron chi connectivity index (χ2n) is 6.25. The molecule has 3 aliphatic heterocycles. The van der Waals surface area contributed by atoms with Crippen LogP contribution in [0.2, 0.25) is 0 Å². The van der Waals surface area contributed by atoms with Crippen LogP contribution in [-0.2, 0) is 14.3 Å². The zero-order chi connectivity index (χ0) is 14.0. The second-order valence-corrected chi connectivity index (χ2v) is 6.25. The lowest BCUT2D eigenvalue weighted by Crippen LogP contribution is -2.35. The van der Waals surface area contributed by atoms with Crippen molar-refractivity contribution in [2.45, 2.75) is 32.5 Å². The van der Waals surface area contributed by atoms with Crippen LogP contribution < -0.4 is 4.90 Å². The summed E-state index contributed by atoms with van der Waals surface area (Å²) in [5, 5.41) is 0. The van der Waals surface area contributed by atoms with Crippen molar-refractivity contribution < 1.29 is 14.3 Å². The Morgan fingerprint density at radius 1 is 1.20 bits per heavy atom. The number of rotatable bonds is 1. The lowest BCUT2D eigenvalue weighted by molar-refractivity contribution is -0.125. The molecular formula is C16H17NO3. The van der Waals surface area contributed by atoms with Gasteiger partial charge in [0.1, 0.15) is 0 Å². The first kappa shape index (κ1) is 12.1. The fourth-order valence-corrected chi connectivity index (χ4v) is 4.03. The van der Waals surface area contributed by atoms with Crippen LogP contribution in [-0.4, -0.2) is 24.0 Å². The third kappa shape index (κ3) is 1.40. The minimum Gasteiger partial charge on any atom is -0.373 e. The number of carbonyl (C=O) groups excluding carboxylic acids is 2. The highest BCUT2D eigenvalue weighted by Gasteiger charge is 2.64. The Labute approximate surface area is 117 Å². The molecule has 5 atom stereocenters. The molecule has 0 radical (unpaired) electrons. The molecule has 0 aliphatic carbocycles. The third-order valence-corrected chi connectivity index (χ3v) is 4.91. The molecular weight excluding hydrogens is 254 g/mol. The Balaban J connectivity index is 1.74. The zero-order valence-corrected chi connectivity index (χ0v) is 11.6. The molecule has 0 spiro atoms. The normalized spacial score (nSPS) is 38.7. The average Bonchev–Trinajstić information content (AvgIpc) is 3.01. The van der Waals surface area contributed by atoms with E-state index in [0.717, 1.165) is 12.0 Å². The van der Waals surface area contributed by atoms with E-state index in [-0.39, 0.29) is 35.9 Å². The smallest absolute Gasteiger partial charge is 0.240 e. The fraction of sp³-hybridized carbons (Fsp3) is 0.500. The number of fused-ring (bicyclic) bond motifs is 5. The minimum atomic E-state index is -0.267. The van der Waals surface area contributed by atoms with Crippen molar-refractivity contribution in [3.63, 3.8) is 0 Å². The molecule has 20 heavy (non-hydrogen) atoms. The highest BCUT2D eigenvalue weighted by molar-refractivity contribution is 6.22. The quantitative estimate of drug-likeness (QED) is 0.733. The number of nitrogens with zero attached hydrogens (tertiary/aromatic N) is 1. The molecule has 4 heteroatoms. The van der Waals surface area contributed by atoms with E-state index in [4.69, 9.17) is 4.74 Å². The van der Waals surface area contributed by atoms with Crippen LogP contribution in [0.1, 0.15) is 18.9 Å². The van der Waals surface area contributed by atoms with Crippen molar-refractivity contribution in [3.05, 3.63) is 29.8 Å². The summed E-state index contributed by atoms with van der Waals surface area (Å²) in [6, 6.07) is 7.57. The number of benzene rings is 1. The van der Waals surface area contributed by atoms with Gasteiger partial charge < -0.3 is 4.74 Å². The van der Waals surface area contributed by atoms with E-state index < -0.39 is 0 Å². The Kier molecular flexibility index (Phi) is 2.37. The standard InChI is InChI=1S/C16H17NO3/c1-8-4-3-5-10(6-8)17-15(18)12-11-7-9(2)14(20-11)13(12)16(17)19/h3-6,9,11-14H,7H2,1-2H3/t9-,11?,12+,13+,14?/m1/s1. The van der Waals surface area contributed by atoms with E-state index in [1.54, 1.807) is 0 Å². The summed E-state index contributed by atoms with van der Waals surface area (Å²) >= 11 is 0. The molecule has 104 valence electrons. The van der Waals surface area contributed by atoms with Crippen LogP contribution in [0, 0.1) is 24.7 Å². The number of aryl methyl sites for hydroxylation is 1. The summed E-state index contributed by atoms with van der Waals surface area (Å²) < 4.78 is 5.83. The number of hydrogen-bond donors (Lipinski definition) is 0. The largest absolute Gasteiger partial charge is 0.373 e. The second kappa shape index (κ2) is 3.92. The average molecular weight is 271 g/mol. The zero-order valence-electron chi connectivity index (χ0n) is 11.6. The number of hydrogen-bond acceptors (Lipinski definition) is 3. The van der Waals surface area contributed by atoms with E-state index in [1.165, 1.54) is 4.90 Å². The van der Waals surface area contributed by atoms with Crippen molar-refractivity contribution in [1.82, 2.24) is 0 Å². The molecule has 2 bridgehead atoms. The molecule has 3 aliphatic rings. The van der Waals surface area contributed by atoms with Crippen LogP contribution >= 0.6 is 0 Å². The van der Waals surface area contributed by atoms with E-state index in [9.17, 15) is 9.59 Å². The van der Waals surface area contributed by atoms with E-state index in [1.807, 2.05) is 31.2 Å². The lowest BCUT2D eigenvalue weighted by atomic mass is 9.76. The van der Waals surface area contributed by atoms with Gasteiger partial charge in [-0.15, -0.1) is 0 Å². The summed E-state index contributed by atoms with van der Waals surface area (Å²) in [5.74, 6) is -0.314. The molecule has 3 fully saturated rings. The Morgan fingerprint density at radius 2 is 1.95 bits per heavy atom. The first-order valence-electron chi connectivity index (χ1n) is 7.18. The van der Waals surface area contributed by atoms with E-state index in [0.29, 0.717) is 11.6 Å². The Morgan fingerprint density at radius 3 is 2.70 bits per heavy atom. The van der Waals surface area contributed by atoms with Crippen molar-refractivity contribution in [1.29, 1.82) is 0 Å². The van der Waals surface area contributed by atoms with Crippen molar-refractivity contribution in [2.24, 2.45) is 17.8 Å². The van der Waals surface area contributed by atoms with Crippen LogP contribution in [0.5, 0.6) is 0 Å². The predicted molar refractivity (Wildman–Crippen MR) is 73.1 cm³/mol. The molecule has 3 saturated heterocycles. The van der Waals surface area contributed by atoms with Gasteiger partial charge in [0.25, 0.3) is 0 Å². The number of ether oxygens (including phenoxy) is 1. The van der Waals surface area contributed by atoms with Crippen LogP contribution in [0.4, 0.5) is 5.69 Å². The van der Waals surface area contributed by atoms with Crippen molar-refractivity contribution >= 4 is 17.5 Å². The molecule has 0 aromatic heterocycles. The summed E-state index contributed by atoms with van der Waals surface area (Å²) in [7, 11) is 0. The first-order chi connectivity index (χ1) is 9.58. The first-order valence-corrected chi connectivity index (χ1v) is 7.18. The highest BCUT2D eigenvalue weighted by Crippen LogP contribution is 2.51. The lowest BCUT2D eigenvalue weighted by Gasteiger charge is -2.21. The number of carbonyl (C=O) groups is 2. The van der Waals surface area contributed by atoms with Crippen LogP contribution in [0.15, 0.2) is 24.3 Å². The van der Waals surface area contributed by atoms with Crippen molar-refractivity contribution in [2.75, 3.05) is 4.90 Å². The molecule has 0 saturated carbocycles. The highest BCUT2D eigenvalue weighted by atomic mass is 16.5. The van der Waals surface area contributed by atoms with Gasteiger partial charge in [-0.25, -0.2) is 4.90 Å². The van der Waals surface area contributed by atoms with Gasteiger partial charge in [-0.3, -0.25) is 9.59 Å². The SMILES string of the molecule is Cc1cccc(N2C(=O)[C@@H]3C4OC(C[C@H]4C)[C@@H]3C2=O)c1. The summed E-state index contributed by atoms with van der Waals surface area (Å²) in [6.45, 7) is 4.07.